The Morgan fingerprint density at radius 2 is 1.91 bits per heavy atom. The molecule has 0 bridgehead atoms. The van der Waals surface area contributed by atoms with E-state index < -0.39 is 11.7 Å². The second-order valence-electron chi connectivity index (χ2n) is 5.59. The summed E-state index contributed by atoms with van der Waals surface area (Å²) in [6, 6.07) is 5.55. The fraction of sp³-hybridized carbons (Fsp3) is 0.294. The fourth-order valence-electron chi connectivity index (χ4n) is 2.86. The van der Waals surface area contributed by atoms with E-state index in [1.807, 2.05) is 19.1 Å². The maximum atomic E-state index is 12.8. The van der Waals surface area contributed by atoms with Crippen LogP contribution in [-0.2, 0) is 9.59 Å². The quantitative estimate of drug-likeness (QED) is 0.608. The first kappa shape index (κ1) is 15.0. The van der Waals surface area contributed by atoms with Crippen LogP contribution in [0.2, 0.25) is 0 Å². The van der Waals surface area contributed by atoms with E-state index in [2.05, 4.69) is 20.9 Å². The number of halogens is 1. The van der Waals surface area contributed by atoms with Crippen LogP contribution in [0.25, 0.3) is 10.9 Å². The lowest BCUT2D eigenvalue weighted by atomic mass is 9.81. The normalized spacial score (nSPS) is 16.3. The molecule has 112 valence electrons. The molecule has 0 unspecified atom stereocenters. The van der Waals surface area contributed by atoms with Crippen LogP contribution < -0.4 is 0 Å². The molecule has 0 atom stereocenters. The van der Waals surface area contributed by atoms with E-state index in [1.54, 1.807) is 12.3 Å². The molecular weight excluding hydrogens is 346 g/mol. The van der Waals surface area contributed by atoms with E-state index >= 15 is 0 Å². The van der Waals surface area contributed by atoms with Gasteiger partial charge in [0.15, 0.2) is 17.3 Å². The minimum atomic E-state index is -1.17. The molecule has 0 radical (unpaired) electrons. The molecule has 1 aliphatic carbocycles. The molecule has 5 heteroatoms. The molecule has 22 heavy (non-hydrogen) atoms. The number of benzene rings is 1. The highest BCUT2D eigenvalue weighted by atomic mass is 79.9. The van der Waals surface area contributed by atoms with Crippen molar-refractivity contribution in [3.63, 3.8) is 0 Å². The van der Waals surface area contributed by atoms with Gasteiger partial charge in [0.05, 0.1) is 11.1 Å². The Balaban J connectivity index is 2.16. The molecule has 0 N–H and O–H groups in total. The first-order valence-electron chi connectivity index (χ1n) is 7.13. The molecule has 1 aliphatic rings. The maximum Gasteiger partial charge on any atom is 0.184 e. The predicted octanol–water partition coefficient (Wildman–Crippen LogP) is 3.43. The number of fused-ring (bicyclic) bond motifs is 1. The van der Waals surface area contributed by atoms with Crippen molar-refractivity contribution in [3.8, 4) is 0 Å². The SMILES string of the molecule is Cc1cnc2c(C(=O)C3C(=O)CCCC3=O)c(Br)ccc2c1. The monoisotopic (exact) mass is 359 g/mol. The van der Waals surface area contributed by atoms with E-state index in [-0.39, 0.29) is 24.4 Å². The van der Waals surface area contributed by atoms with Gasteiger partial charge in [-0.25, -0.2) is 0 Å². The summed E-state index contributed by atoms with van der Waals surface area (Å²) in [6.45, 7) is 1.92. The highest BCUT2D eigenvalue weighted by Gasteiger charge is 2.38. The Morgan fingerprint density at radius 3 is 2.59 bits per heavy atom. The summed E-state index contributed by atoms with van der Waals surface area (Å²) in [7, 11) is 0. The lowest BCUT2D eigenvalue weighted by Crippen LogP contribution is -2.35. The maximum absolute atomic E-state index is 12.8. The molecule has 0 amide bonds. The van der Waals surface area contributed by atoms with Crippen LogP contribution in [0.3, 0.4) is 0 Å². The number of Topliss-reactive ketones (excluding diaryl/α,β-unsaturated/α-hetero) is 3. The summed E-state index contributed by atoms with van der Waals surface area (Å²) in [5.41, 5.74) is 1.83. The third-order valence-electron chi connectivity index (χ3n) is 3.94. The lowest BCUT2D eigenvalue weighted by molar-refractivity contribution is -0.133. The third kappa shape index (κ3) is 2.50. The largest absolute Gasteiger partial charge is 0.298 e. The number of hydrogen-bond acceptors (Lipinski definition) is 4. The summed E-state index contributed by atoms with van der Waals surface area (Å²) in [5.74, 6) is -2.17. The van der Waals surface area contributed by atoms with Gasteiger partial charge in [0.25, 0.3) is 0 Å². The van der Waals surface area contributed by atoms with Crippen LogP contribution in [0.1, 0.15) is 35.2 Å². The third-order valence-corrected chi connectivity index (χ3v) is 4.60. The van der Waals surface area contributed by atoms with Gasteiger partial charge in [-0.05, 0) is 47.0 Å². The van der Waals surface area contributed by atoms with Gasteiger partial charge >= 0.3 is 0 Å². The van der Waals surface area contributed by atoms with Crippen molar-refractivity contribution in [1.82, 2.24) is 4.98 Å². The average molecular weight is 360 g/mol. The first-order valence-corrected chi connectivity index (χ1v) is 7.93. The van der Waals surface area contributed by atoms with Gasteiger partial charge in [0.1, 0.15) is 5.92 Å². The number of carbonyl (C=O) groups excluding carboxylic acids is 3. The van der Waals surface area contributed by atoms with Crippen molar-refractivity contribution in [3.05, 3.63) is 40.0 Å². The second kappa shape index (κ2) is 5.72. The van der Waals surface area contributed by atoms with Crippen molar-refractivity contribution in [2.24, 2.45) is 5.92 Å². The van der Waals surface area contributed by atoms with Gasteiger partial charge in [0.2, 0.25) is 0 Å². The number of nitrogens with zero attached hydrogens (tertiary/aromatic N) is 1. The molecule has 1 saturated carbocycles. The zero-order valence-corrected chi connectivity index (χ0v) is 13.6. The van der Waals surface area contributed by atoms with E-state index in [1.165, 1.54) is 0 Å². The Labute approximate surface area is 136 Å². The van der Waals surface area contributed by atoms with Crippen molar-refractivity contribution < 1.29 is 14.4 Å². The number of aryl methyl sites for hydroxylation is 1. The zero-order valence-electron chi connectivity index (χ0n) is 12.1. The highest BCUT2D eigenvalue weighted by Crippen LogP contribution is 2.30. The number of carbonyl (C=O) groups is 3. The van der Waals surface area contributed by atoms with E-state index in [0.29, 0.717) is 22.0 Å². The number of aromatic nitrogens is 1. The van der Waals surface area contributed by atoms with Crippen LogP contribution >= 0.6 is 15.9 Å². The number of hydrogen-bond donors (Lipinski definition) is 0. The van der Waals surface area contributed by atoms with E-state index in [0.717, 1.165) is 10.9 Å². The van der Waals surface area contributed by atoms with Crippen LogP contribution in [0.15, 0.2) is 28.9 Å². The van der Waals surface area contributed by atoms with E-state index in [9.17, 15) is 14.4 Å². The summed E-state index contributed by atoms with van der Waals surface area (Å²) in [6.07, 6.45) is 2.79. The average Bonchev–Trinajstić information content (AvgIpc) is 2.47. The van der Waals surface area contributed by atoms with Crippen LogP contribution in [0, 0.1) is 12.8 Å². The molecule has 1 fully saturated rings. The van der Waals surface area contributed by atoms with Gasteiger partial charge in [-0.3, -0.25) is 19.4 Å². The number of ketones is 3. The van der Waals surface area contributed by atoms with Gasteiger partial charge < -0.3 is 0 Å². The van der Waals surface area contributed by atoms with Crippen molar-refractivity contribution in [1.29, 1.82) is 0 Å². The summed E-state index contributed by atoms with van der Waals surface area (Å²) in [4.78, 5) is 41.2. The minimum absolute atomic E-state index is 0.280. The Hall–Kier alpha value is -1.88. The molecule has 1 aromatic carbocycles. The van der Waals surface area contributed by atoms with E-state index in [4.69, 9.17) is 0 Å². The standard InChI is InChI=1S/C17H14BrNO3/c1-9-7-10-5-6-11(18)14(16(10)19-8-9)17(22)15-12(20)3-2-4-13(15)21/h5-8,15H,2-4H2,1H3. The van der Waals surface area contributed by atoms with Crippen LogP contribution in [0.4, 0.5) is 0 Å². The smallest absolute Gasteiger partial charge is 0.184 e. The first-order chi connectivity index (χ1) is 10.5. The molecule has 3 rings (SSSR count). The molecule has 4 nitrogen and oxygen atoms in total. The summed E-state index contributed by atoms with van der Waals surface area (Å²) < 4.78 is 0.563. The molecule has 2 aromatic rings. The molecule has 1 aromatic heterocycles. The fourth-order valence-corrected chi connectivity index (χ4v) is 3.38. The minimum Gasteiger partial charge on any atom is -0.298 e. The number of pyridine rings is 1. The molecule has 0 saturated heterocycles. The van der Waals surface area contributed by atoms with Gasteiger partial charge in [-0.15, -0.1) is 0 Å². The Morgan fingerprint density at radius 1 is 1.23 bits per heavy atom. The molecule has 0 spiro atoms. The zero-order chi connectivity index (χ0) is 15.9. The summed E-state index contributed by atoms with van der Waals surface area (Å²) >= 11 is 3.36. The molecule has 1 heterocycles. The second-order valence-corrected chi connectivity index (χ2v) is 6.44. The Kier molecular flexibility index (Phi) is 3.91. The highest BCUT2D eigenvalue weighted by molar-refractivity contribution is 9.10. The van der Waals surface area contributed by atoms with Gasteiger partial charge in [-0.1, -0.05) is 6.07 Å². The topological polar surface area (TPSA) is 64.1 Å². The van der Waals surface area contributed by atoms with Gasteiger partial charge in [0, 0.05) is 28.9 Å². The van der Waals surface area contributed by atoms with Crippen molar-refractivity contribution >= 4 is 44.2 Å². The van der Waals surface area contributed by atoms with Gasteiger partial charge in [-0.2, -0.15) is 0 Å². The van der Waals surface area contributed by atoms with Crippen molar-refractivity contribution in [2.45, 2.75) is 26.2 Å². The van der Waals surface area contributed by atoms with Crippen molar-refractivity contribution in [2.75, 3.05) is 0 Å². The van der Waals surface area contributed by atoms with Crippen LogP contribution in [-0.4, -0.2) is 22.3 Å². The summed E-state index contributed by atoms with van der Waals surface area (Å²) in [5, 5.41) is 0.822. The lowest BCUT2D eigenvalue weighted by Gasteiger charge is -2.19. The molecular formula is C17H14BrNO3. The Bertz CT molecular complexity index is 797. The number of rotatable bonds is 2. The van der Waals surface area contributed by atoms with Crippen LogP contribution in [0.5, 0.6) is 0 Å². The predicted molar refractivity (Wildman–Crippen MR) is 85.9 cm³/mol. The molecule has 0 aliphatic heterocycles.